The Bertz CT molecular complexity index is 801. The average molecular weight is 346 g/mol. The lowest BCUT2D eigenvalue weighted by Crippen LogP contribution is -2.38. The molecule has 0 aromatic heterocycles. The van der Waals surface area contributed by atoms with E-state index in [4.69, 9.17) is 21.1 Å². The van der Waals surface area contributed by atoms with E-state index >= 15 is 0 Å². The van der Waals surface area contributed by atoms with Crippen molar-refractivity contribution in [2.75, 3.05) is 18.6 Å². The predicted molar refractivity (Wildman–Crippen MR) is 91.1 cm³/mol. The first-order valence-corrected chi connectivity index (χ1v) is 7.78. The molecule has 0 bridgehead atoms. The second-order valence-corrected chi connectivity index (χ2v) is 5.91. The SMILES string of the molecule is COc1ccc(CN2C(=O)COc3c(C(C)=O)cc(Cl)cc32)cc1. The first kappa shape index (κ1) is 16.3. The van der Waals surface area contributed by atoms with E-state index in [1.54, 1.807) is 24.1 Å². The molecule has 1 heterocycles. The molecule has 3 rings (SSSR count). The summed E-state index contributed by atoms with van der Waals surface area (Å²) < 4.78 is 10.6. The minimum absolute atomic E-state index is 0.106. The number of halogens is 1. The van der Waals surface area contributed by atoms with Gasteiger partial charge in [0.05, 0.1) is 24.9 Å². The molecule has 124 valence electrons. The number of Topliss-reactive ketones (excluding diaryl/α,β-unsaturated/α-hetero) is 1. The Hall–Kier alpha value is -2.53. The highest BCUT2D eigenvalue weighted by Gasteiger charge is 2.29. The zero-order valence-electron chi connectivity index (χ0n) is 13.3. The van der Waals surface area contributed by atoms with Crippen LogP contribution in [0.4, 0.5) is 5.69 Å². The van der Waals surface area contributed by atoms with Crippen LogP contribution < -0.4 is 14.4 Å². The summed E-state index contributed by atoms with van der Waals surface area (Å²) in [7, 11) is 1.60. The molecule has 0 atom stereocenters. The third-order valence-electron chi connectivity index (χ3n) is 3.84. The molecular weight excluding hydrogens is 330 g/mol. The third kappa shape index (κ3) is 3.08. The fourth-order valence-electron chi connectivity index (χ4n) is 2.63. The van der Waals surface area contributed by atoms with E-state index in [2.05, 4.69) is 0 Å². The smallest absolute Gasteiger partial charge is 0.265 e. The van der Waals surface area contributed by atoms with E-state index in [0.29, 0.717) is 28.6 Å². The van der Waals surface area contributed by atoms with Crippen LogP contribution in [0.5, 0.6) is 11.5 Å². The van der Waals surface area contributed by atoms with E-state index < -0.39 is 0 Å². The van der Waals surface area contributed by atoms with Crippen LogP contribution in [0.2, 0.25) is 5.02 Å². The molecule has 0 fully saturated rings. The third-order valence-corrected chi connectivity index (χ3v) is 4.06. The van der Waals surface area contributed by atoms with Crippen LogP contribution in [0, 0.1) is 0 Å². The van der Waals surface area contributed by atoms with Gasteiger partial charge in [0.25, 0.3) is 5.91 Å². The molecular formula is C18H16ClNO4. The molecule has 0 aliphatic carbocycles. The molecule has 2 aromatic carbocycles. The number of methoxy groups -OCH3 is 1. The fourth-order valence-corrected chi connectivity index (χ4v) is 2.84. The van der Waals surface area contributed by atoms with E-state index in [1.807, 2.05) is 24.3 Å². The summed E-state index contributed by atoms with van der Waals surface area (Å²) in [6.45, 7) is 1.70. The number of fused-ring (bicyclic) bond motifs is 1. The van der Waals surface area contributed by atoms with E-state index in [-0.39, 0.29) is 18.3 Å². The van der Waals surface area contributed by atoms with Crippen molar-refractivity contribution in [3.63, 3.8) is 0 Å². The van der Waals surface area contributed by atoms with Crippen LogP contribution >= 0.6 is 11.6 Å². The largest absolute Gasteiger partial charge is 0.497 e. The van der Waals surface area contributed by atoms with Gasteiger partial charge in [-0.25, -0.2) is 0 Å². The normalized spacial score (nSPS) is 13.3. The van der Waals surface area contributed by atoms with Gasteiger partial charge in [-0.2, -0.15) is 0 Å². The molecule has 0 N–H and O–H groups in total. The van der Waals surface area contributed by atoms with Gasteiger partial charge in [-0.05, 0) is 36.8 Å². The van der Waals surface area contributed by atoms with Crippen LogP contribution in [-0.2, 0) is 11.3 Å². The van der Waals surface area contributed by atoms with Gasteiger partial charge < -0.3 is 14.4 Å². The van der Waals surface area contributed by atoms with Crippen LogP contribution in [0.1, 0.15) is 22.8 Å². The molecule has 6 heteroatoms. The van der Waals surface area contributed by atoms with Crippen LogP contribution in [0.25, 0.3) is 0 Å². The standard InChI is InChI=1S/C18H16ClNO4/c1-11(21)15-7-13(19)8-16-18(15)24-10-17(22)20(16)9-12-3-5-14(23-2)6-4-12/h3-8H,9-10H2,1-2H3. The number of anilines is 1. The van der Waals surface area contributed by atoms with Crippen molar-refractivity contribution in [1.82, 2.24) is 0 Å². The van der Waals surface area contributed by atoms with E-state index in [1.165, 1.54) is 6.92 Å². The molecule has 0 radical (unpaired) electrons. The summed E-state index contributed by atoms with van der Waals surface area (Å²) in [6.07, 6.45) is 0. The van der Waals surface area contributed by atoms with Gasteiger partial charge in [0.15, 0.2) is 18.1 Å². The first-order chi connectivity index (χ1) is 11.5. The summed E-state index contributed by atoms with van der Waals surface area (Å²) >= 11 is 6.12. The minimum atomic E-state index is -0.185. The summed E-state index contributed by atoms with van der Waals surface area (Å²) in [5.41, 5.74) is 1.82. The second-order valence-electron chi connectivity index (χ2n) is 5.47. The number of hydrogen-bond donors (Lipinski definition) is 0. The number of ether oxygens (including phenoxy) is 2. The van der Waals surface area contributed by atoms with Gasteiger partial charge in [-0.1, -0.05) is 23.7 Å². The monoisotopic (exact) mass is 345 g/mol. The number of ketones is 1. The number of amides is 1. The lowest BCUT2D eigenvalue weighted by atomic mass is 10.1. The molecule has 0 unspecified atom stereocenters. The maximum Gasteiger partial charge on any atom is 0.265 e. The number of rotatable bonds is 4. The highest BCUT2D eigenvalue weighted by atomic mass is 35.5. The number of carbonyl (C=O) groups is 2. The van der Waals surface area contributed by atoms with Gasteiger partial charge in [0, 0.05) is 5.02 Å². The Morgan fingerprint density at radius 2 is 2.00 bits per heavy atom. The lowest BCUT2D eigenvalue weighted by molar-refractivity contribution is -0.121. The Balaban J connectivity index is 2.00. The minimum Gasteiger partial charge on any atom is -0.497 e. The van der Waals surface area contributed by atoms with Crippen molar-refractivity contribution in [2.24, 2.45) is 0 Å². The average Bonchev–Trinajstić information content (AvgIpc) is 2.57. The quantitative estimate of drug-likeness (QED) is 0.796. The van der Waals surface area contributed by atoms with Gasteiger partial charge in [-0.15, -0.1) is 0 Å². The van der Waals surface area contributed by atoms with Crippen molar-refractivity contribution in [3.8, 4) is 11.5 Å². The number of carbonyl (C=O) groups excluding carboxylic acids is 2. The summed E-state index contributed by atoms with van der Waals surface area (Å²) in [5.74, 6) is 0.803. The van der Waals surface area contributed by atoms with Gasteiger partial charge in [0.2, 0.25) is 0 Å². The topological polar surface area (TPSA) is 55.8 Å². The zero-order valence-corrected chi connectivity index (χ0v) is 14.1. The number of hydrogen-bond acceptors (Lipinski definition) is 4. The van der Waals surface area contributed by atoms with Crippen LogP contribution in [0.3, 0.4) is 0 Å². The molecule has 24 heavy (non-hydrogen) atoms. The predicted octanol–water partition coefficient (Wildman–Crippen LogP) is 3.48. The van der Waals surface area contributed by atoms with Gasteiger partial charge >= 0.3 is 0 Å². The van der Waals surface area contributed by atoms with Crippen molar-refractivity contribution >= 4 is 29.0 Å². The van der Waals surface area contributed by atoms with Gasteiger partial charge in [-0.3, -0.25) is 9.59 Å². The van der Waals surface area contributed by atoms with E-state index in [0.717, 1.165) is 11.3 Å². The van der Waals surface area contributed by atoms with Gasteiger partial charge in [0.1, 0.15) is 5.75 Å². The summed E-state index contributed by atoms with van der Waals surface area (Å²) in [5, 5.41) is 0.386. The molecule has 1 aliphatic rings. The van der Waals surface area contributed by atoms with Crippen molar-refractivity contribution in [2.45, 2.75) is 13.5 Å². The molecule has 1 aliphatic heterocycles. The number of nitrogens with zero attached hydrogens (tertiary/aromatic N) is 1. The van der Waals surface area contributed by atoms with Crippen molar-refractivity contribution in [3.05, 3.63) is 52.5 Å². The fraction of sp³-hybridized carbons (Fsp3) is 0.222. The first-order valence-electron chi connectivity index (χ1n) is 7.40. The Kier molecular flexibility index (Phi) is 4.44. The maximum absolute atomic E-state index is 12.3. The Morgan fingerprint density at radius 1 is 1.29 bits per heavy atom. The number of benzene rings is 2. The summed E-state index contributed by atoms with van der Waals surface area (Å²) in [4.78, 5) is 25.7. The maximum atomic E-state index is 12.3. The van der Waals surface area contributed by atoms with E-state index in [9.17, 15) is 9.59 Å². The molecule has 0 saturated heterocycles. The molecule has 0 spiro atoms. The Labute approximate surface area is 144 Å². The molecule has 1 amide bonds. The molecule has 2 aromatic rings. The van der Waals surface area contributed by atoms with Crippen LogP contribution in [-0.4, -0.2) is 25.4 Å². The molecule has 0 saturated carbocycles. The molecule has 5 nitrogen and oxygen atoms in total. The highest BCUT2D eigenvalue weighted by molar-refractivity contribution is 6.31. The highest BCUT2D eigenvalue weighted by Crippen LogP contribution is 2.39. The Morgan fingerprint density at radius 3 is 2.62 bits per heavy atom. The lowest BCUT2D eigenvalue weighted by Gasteiger charge is -2.30. The summed E-state index contributed by atoms with van der Waals surface area (Å²) in [6, 6.07) is 10.6. The van der Waals surface area contributed by atoms with Crippen molar-refractivity contribution in [1.29, 1.82) is 0 Å². The van der Waals surface area contributed by atoms with Crippen molar-refractivity contribution < 1.29 is 19.1 Å². The van der Waals surface area contributed by atoms with Crippen LogP contribution in [0.15, 0.2) is 36.4 Å². The zero-order chi connectivity index (χ0) is 17.3. The second kappa shape index (κ2) is 6.53.